The SMILES string of the molecule is COC(=O)[C@@H](CC(NOCc1ccccc1)C(C)C)NC(=O)OC(C)(C)C. The van der Waals surface area contributed by atoms with Crippen molar-refractivity contribution < 1.29 is 23.9 Å². The summed E-state index contributed by atoms with van der Waals surface area (Å²) in [7, 11) is 1.29. The van der Waals surface area contributed by atoms with Crippen molar-refractivity contribution in [2.45, 2.75) is 65.3 Å². The number of hydrogen-bond donors (Lipinski definition) is 2. The Labute approximate surface area is 161 Å². The molecule has 0 saturated carbocycles. The molecule has 0 aliphatic heterocycles. The van der Waals surface area contributed by atoms with Crippen LogP contribution in [-0.2, 0) is 25.7 Å². The lowest BCUT2D eigenvalue weighted by atomic mass is 9.97. The molecular weight excluding hydrogens is 348 g/mol. The zero-order chi connectivity index (χ0) is 20.4. The molecule has 2 N–H and O–H groups in total. The van der Waals surface area contributed by atoms with Gasteiger partial charge in [-0.25, -0.2) is 9.59 Å². The van der Waals surface area contributed by atoms with E-state index in [4.69, 9.17) is 14.3 Å². The normalized spacial score (nSPS) is 13.7. The number of rotatable bonds is 9. The van der Waals surface area contributed by atoms with Gasteiger partial charge in [0.25, 0.3) is 0 Å². The molecule has 1 aromatic rings. The van der Waals surface area contributed by atoms with Crippen molar-refractivity contribution in [1.29, 1.82) is 0 Å². The second-order valence-electron chi connectivity index (χ2n) is 7.70. The van der Waals surface area contributed by atoms with Crippen LogP contribution in [-0.4, -0.2) is 36.9 Å². The molecule has 0 heterocycles. The third-order valence-corrected chi connectivity index (χ3v) is 3.79. The van der Waals surface area contributed by atoms with Gasteiger partial charge in [0.15, 0.2) is 0 Å². The summed E-state index contributed by atoms with van der Waals surface area (Å²) in [4.78, 5) is 29.7. The first kappa shape index (κ1) is 22.9. The lowest BCUT2D eigenvalue weighted by Gasteiger charge is -2.27. The first-order valence-corrected chi connectivity index (χ1v) is 9.11. The average Bonchev–Trinajstić information content (AvgIpc) is 2.58. The summed E-state index contributed by atoms with van der Waals surface area (Å²) < 4.78 is 10.1. The molecule has 7 heteroatoms. The third kappa shape index (κ3) is 9.40. The molecule has 2 atom stereocenters. The van der Waals surface area contributed by atoms with E-state index in [0.717, 1.165) is 5.56 Å². The van der Waals surface area contributed by atoms with Crippen LogP contribution in [0.5, 0.6) is 0 Å². The van der Waals surface area contributed by atoms with Crippen LogP contribution in [0.25, 0.3) is 0 Å². The van der Waals surface area contributed by atoms with Crippen molar-refractivity contribution in [2.24, 2.45) is 5.92 Å². The van der Waals surface area contributed by atoms with Crippen LogP contribution in [0.1, 0.15) is 46.6 Å². The molecule has 0 aromatic heterocycles. The van der Waals surface area contributed by atoms with Crippen LogP contribution in [0.4, 0.5) is 4.79 Å². The minimum Gasteiger partial charge on any atom is -0.467 e. The number of carbonyl (C=O) groups excluding carboxylic acids is 2. The molecule has 0 aliphatic carbocycles. The van der Waals surface area contributed by atoms with E-state index >= 15 is 0 Å². The summed E-state index contributed by atoms with van der Waals surface area (Å²) in [5.41, 5.74) is 3.38. The zero-order valence-corrected chi connectivity index (χ0v) is 17.1. The predicted molar refractivity (Wildman–Crippen MR) is 103 cm³/mol. The fraction of sp³-hybridized carbons (Fsp3) is 0.600. The van der Waals surface area contributed by atoms with Crippen LogP contribution in [0.2, 0.25) is 0 Å². The van der Waals surface area contributed by atoms with E-state index in [1.54, 1.807) is 20.8 Å². The highest BCUT2D eigenvalue weighted by Crippen LogP contribution is 2.13. The average molecular weight is 380 g/mol. The van der Waals surface area contributed by atoms with Crippen molar-refractivity contribution in [2.75, 3.05) is 7.11 Å². The van der Waals surface area contributed by atoms with Gasteiger partial charge in [-0.05, 0) is 38.7 Å². The fourth-order valence-electron chi connectivity index (χ4n) is 2.32. The molecule has 1 aromatic carbocycles. The highest BCUT2D eigenvalue weighted by Gasteiger charge is 2.29. The van der Waals surface area contributed by atoms with Gasteiger partial charge >= 0.3 is 12.1 Å². The predicted octanol–water partition coefficient (Wildman–Crippen LogP) is 3.19. The second kappa shape index (κ2) is 10.9. The third-order valence-electron chi connectivity index (χ3n) is 3.79. The van der Waals surface area contributed by atoms with Crippen LogP contribution in [0.3, 0.4) is 0 Å². The summed E-state index contributed by atoms with van der Waals surface area (Å²) in [5.74, 6) is -0.371. The number of carbonyl (C=O) groups is 2. The molecule has 0 saturated heterocycles. The summed E-state index contributed by atoms with van der Waals surface area (Å²) in [6, 6.07) is 8.74. The quantitative estimate of drug-likeness (QED) is 0.505. The number of nitrogens with one attached hydrogen (secondary N) is 2. The topological polar surface area (TPSA) is 85.9 Å². The Bertz CT molecular complexity index is 584. The Hall–Kier alpha value is -2.12. The van der Waals surface area contributed by atoms with Gasteiger partial charge in [0, 0.05) is 6.04 Å². The Morgan fingerprint density at radius 2 is 1.74 bits per heavy atom. The van der Waals surface area contributed by atoms with E-state index in [1.807, 2.05) is 44.2 Å². The standard InChI is InChI=1S/C20H32N2O5/c1-14(2)16(22-26-13-15-10-8-7-9-11-15)12-17(18(23)25-6)21-19(24)27-20(3,4)5/h7-11,14,16-17,22H,12-13H2,1-6H3,(H,21,24)/t16?,17-/m1/s1. The van der Waals surface area contributed by atoms with E-state index in [1.165, 1.54) is 7.11 Å². The molecule has 152 valence electrons. The van der Waals surface area contributed by atoms with Gasteiger partial charge in [-0.2, -0.15) is 5.48 Å². The van der Waals surface area contributed by atoms with Crippen LogP contribution in [0.15, 0.2) is 30.3 Å². The number of ether oxygens (including phenoxy) is 2. The molecular formula is C20H32N2O5. The summed E-state index contributed by atoms with van der Waals surface area (Å²) in [5, 5.41) is 2.59. The van der Waals surface area contributed by atoms with Gasteiger partial charge in [-0.3, -0.25) is 4.84 Å². The largest absolute Gasteiger partial charge is 0.467 e. The van der Waals surface area contributed by atoms with Gasteiger partial charge in [0.05, 0.1) is 13.7 Å². The lowest BCUT2D eigenvalue weighted by molar-refractivity contribution is -0.144. The van der Waals surface area contributed by atoms with E-state index < -0.39 is 23.7 Å². The molecule has 0 fully saturated rings. The maximum atomic E-state index is 12.1. The summed E-state index contributed by atoms with van der Waals surface area (Å²) >= 11 is 0. The van der Waals surface area contributed by atoms with Gasteiger partial charge < -0.3 is 14.8 Å². The van der Waals surface area contributed by atoms with Crippen LogP contribution < -0.4 is 10.8 Å². The minimum absolute atomic E-state index is 0.161. The van der Waals surface area contributed by atoms with Gasteiger partial charge in [-0.1, -0.05) is 44.2 Å². The number of methoxy groups -OCH3 is 1. The highest BCUT2D eigenvalue weighted by atomic mass is 16.6. The first-order chi connectivity index (χ1) is 12.6. The van der Waals surface area contributed by atoms with Crippen molar-refractivity contribution in [3.63, 3.8) is 0 Å². The molecule has 0 aliphatic rings. The van der Waals surface area contributed by atoms with E-state index in [-0.39, 0.29) is 12.0 Å². The Balaban J connectivity index is 2.67. The van der Waals surface area contributed by atoms with Gasteiger partial charge in [-0.15, -0.1) is 0 Å². The monoisotopic (exact) mass is 380 g/mol. The van der Waals surface area contributed by atoms with Crippen molar-refractivity contribution in [3.05, 3.63) is 35.9 Å². The summed E-state index contributed by atoms with van der Waals surface area (Å²) in [6.45, 7) is 9.68. The minimum atomic E-state index is -0.843. The smallest absolute Gasteiger partial charge is 0.408 e. The molecule has 7 nitrogen and oxygen atoms in total. The van der Waals surface area contributed by atoms with Crippen molar-refractivity contribution >= 4 is 12.1 Å². The fourth-order valence-corrected chi connectivity index (χ4v) is 2.32. The summed E-state index contributed by atoms with van der Waals surface area (Å²) in [6.07, 6.45) is -0.358. The molecule has 1 rings (SSSR count). The Kier molecular flexibility index (Phi) is 9.25. The van der Waals surface area contributed by atoms with Crippen molar-refractivity contribution in [3.8, 4) is 0 Å². The highest BCUT2D eigenvalue weighted by molar-refractivity contribution is 5.81. The zero-order valence-electron chi connectivity index (χ0n) is 17.1. The molecule has 1 amide bonds. The Morgan fingerprint density at radius 3 is 2.26 bits per heavy atom. The van der Waals surface area contributed by atoms with Crippen molar-refractivity contribution in [1.82, 2.24) is 10.8 Å². The first-order valence-electron chi connectivity index (χ1n) is 9.11. The molecule has 0 radical (unpaired) electrons. The molecule has 1 unspecified atom stereocenters. The number of benzene rings is 1. The van der Waals surface area contributed by atoms with E-state index in [9.17, 15) is 9.59 Å². The number of amides is 1. The van der Waals surface area contributed by atoms with E-state index in [2.05, 4.69) is 10.8 Å². The molecule has 0 spiro atoms. The molecule has 27 heavy (non-hydrogen) atoms. The number of alkyl carbamates (subject to hydrolysis) is 1. The number of hydrogen-bond acceptors (Lipinski definition) is 6. The van der Waals surface area contributed by atoms with Crippen LogP contribution in [0, 0.1) is 5.92 Å². The Morgan fingerprint density at radius 1 is 1.11 bits per heavy atom. The number of hydroxylamine groups is 1. The number of esters is 1. The van der Waals surface area contributed by atoms with Gasteiger partial charge in [0.1, 0.15) is 11.6 Å². The van der Waals surface area contributed by atoms with E-state index in [0.29, 0.717) is 13.0 Å². The van der Waals surface area contributed by atoms with Crippen LogP contribution >= 0.6 is 0 Å². The molecule has 0 bridgehead atoms. The van der Waals surface area contributed by atoms with Gasteiger partial charge in [0.2, 0.25) is 0 Å². The second-order valence-corrected chi connectivity index (χ2v) is 7.70. The lowest BCUT2D eigenvalue weighted by Crippen LogP contribution is -2.48. The maximum absolute atomic E-state index is 12.1. The maximum Gasteiger partial charge on any atom is 0.408 e.